The average molecular weight is 347 g/mol. The van der Waals surface area contributed by atoms with Crippen molar-refractivity contribution in [3.8, 4) is 0 Å². The second-order valence-corrected chi connectivity index (χ2v) is 8.61. The predicted octanol–water partition coefficient (Wildman–Crippen LogP) is 1.81. The van der Waals surface area contributed by atoms with Crippen LogP contribution in [-0.4, -0.2) is 59.9 Å². The maximum Gasteiger partial charge on any atom is 0.254 e. The molecule has 1 N–H and O–H groups in total. The first-order valence-electron chi connectivity index (χ1n) is 8.41. The zero-order valence-corrected chi connectivity index (χ0v) is 14.3. The highest BCUT2D eigenvalue weighted by molar-refractivity contribution is 7.89. The molecule has 1 atom stereocenters. The Morgan fingerprint density at radius 2 is 2.04 bits per heavy atom. The standard InChI is InChI=1S/C17H21N3O3S/c21-17(15-5-1-6-16-14(15)7-8-18-16)19-9-2-4-13(12-19)20-10-3-11-24(20,22)23/h1,5-8,13,18H,2-4,9-12H2/t13-/m1/s1. The summed E-state index contributed by atoms with van der Waals surface area (Å²) in [5, 5.41) is 0.915. The smallest absolute Gasteiger partial charge is 0.254 e. The van der Waals surface area contributed by atoms with Crippen molar-refractivity contribution in [1.82, 2.24) is 14.2 Å². The largest absolute Gasteiger partial charge is 0.361 e. The number of likely N-dealkylation sites (tertiary alicyclic amines) is 1. The summed E-state index contributed by atoms with van der Waals surface area (Å²) in [6.45, 7) is 1.76. The van der Waals surface area contributed by atoms with Crippen molar-refractivity contribution < 1.29 is 13.2 Å². The zero-order valence-electron chi connectivity index (χ0n) is 13.4. The van der Waals surface area contributed by atoms with Crippen molar-refractivity contribution in [2.45, 2.75) is 25.3 Å². The van der Waals surface area contributed by atoms with E-state index in [1.165, 1.54) is 0 Å². The van der Waals surface area contributed by atoms with E-state index in [0.717, 1.165) is 23.7 Å². The number of piperidine rings is 1. The van der Waals surface area contributed by atoms with Gasteiger partial charge in [-0.15, -0.1) is 0 Å². The molecule has 0 radical (unpaired) electrons. The molecule has 1 aromatic heterocycles. The summed E-state index contributed by atoms with van der Waals surface area (Å²) in [6.07, 6.45) is 4.19. The molecule has 1 amide bonds. The van der Waals surface area contributed by atoms with Crippen LogP contribution in [0.2, 0.25) is 0 Å². The van der Waals surface area contributed by atoms with Crippen molar-refractivity contribution in [3.05, 3.63) is 36.0 Å². The number of aromatic amines is 1. The van der Waals surface area contributed by atoms with E-state index in [4.69, 9.17) is 0 Å². The number of amides is 1. The fraction of sp³-hybridized carbons (Fsp3) is 0.471. The number of nitrogens with one attached hydrogen (secondary N) is 1. The minimum atomic E-state index is -3.14. The Morgan fingerprint density at radius 3 is 2.83 bits per heavy atom. The molecule has 1 aromatic carbocycles. The highest BCUT2D eigenvalue weighted by Crippen LogP contribution is 2.26. The number of H-pyrrole nitrogens is 1. The number of aromatic nitrogens is 1. The van der Waals surface area contributed by atoms with Gasteiger partial charge in [-0.25, -0.2) is 8.42 Å². The first-order valence-corrected chi connectivity index (χ1v) is 10.0. The average Bonchev–Trinajstić information content (AvgIpc) is 3.19. The number of hydrogen-bond acceptors (Lipinski definition) is 3. The van der Waals surface area contributed by atoms with Gasteiger partial charge in [-0.1, -0.05) is 6.07 Å². The quantitative estimate of drug-likeness (QED) is 0.900. The van der Waals surface area contributed by atoms with Crippen LogP contribution >= 0.6 is 0 Å². The van der Waals surface area contributed by atoms with E-state index in [9.17, 15) is 13.2 Å². The molecule has 3 heterocycles. The lowest BCUT2D eigenvalue weighted by Crippen LogP contribution is -2.50. The van der Waals surface area contributed by atoms with Crippen LogP contribution < -0.4 is 0 Å². The zero-order chi connectivity index (χ0) is 16.7. The van der Waals surface area contributed by atoms with Gasteiger partial charge in [-0.2, -0.15) is 4.31 Å². The van der Waals surface area contributed by atoms with Crippen LogP contribution in [0.4, 0.5) is 0 Å². The van der Waals surface area contributed by atoms with Crippen LogP contribution in [0.15, 0.2) is 30.5 Å². The van der Waals surface area contributed by atoms with Gasteiger partial charge in [0.2, 0.25) is 10.0 Å². The lowest BCUT2D eigenvalue weighted by molar-refractivity contribution is 0.0660. The van der Waals surface area contributed by atoms with Crippen LogP contribution in [-0.2, 0) is 10.0 Å². The van der Waals surface area contributed by atoms with Gasteiger partial charge in [-0.05, 0) is 37.5 Å². The summed E-state index contributed by atoms with van der Waals surface area (Å²) in [5.41, 5.74) is 1.62. The fourth-order valence-corrected chi connectivity index (χ4v) is 5.65. The molecule has 2 saturated heterocycles. The van der Waals surface area contributed by atoms with Gasteiger partial charge in [0.05, 0.1) is 5.75 Å². The van der Waals surface area contributed by atoms with Crippen molar-refractivity contribution in [1.29, 1.82) is 0 Å². The second-order valence-electron chi connectivity index (χ2n) is 6.57. The number of benzene rings is 1. The first kappa shape index (κ1) is 15.7. The van der Waals surface area contributed by atoms with Crippen LogP contribution in [0, 0.1) is 0 Å². The van der Waals surface area contributed by atoms with Crippen molar-refractivity contribution >= 4 is 26.8 Å². The Hall–Kier alpha value is -1.86. The van der Waals surface area contributed by atoms with Gasteiger partial charge in [0.1, 0.15) is 0 Å². The molecule has 128 valence electrons. The van der Waals surface area contributed by atoms with Gasteiger partial charge in [0.25, 0.3) is 5.91 Å². The van der Waals surface area contributed by atoms with Crippen LogP contribution in [0.3, 0.4) is 0 Å². The molecule has 0 spiro atoms. The Kier molecular flexibility index (Phi) is 3.85. The number of hydrogen-bond donors (Lipinski definition) is 1. The Bertz CT molecular complexity index is 874. The molecule has 2 aliphatic heterocycles. The van der Waals surface area contributed by atoms with E-state index in [-0.39, 0.29) is 17.7 Å². The Labute approximate surface area is 141 Å². The summed E-state index contributed by atoms with van der Waals surface area (Å²) in [6, 6.07) is 7.49. The predicted molar refractivity (Wildman–Crippen MR) is 92.3 cm³/mol. The maximum absolute atomic E-state index is 13.0. The number of carbonyl (C=O) groups is 1. The molecule has 2 aromatic rings. The third-order valence-electron chi connectivity index (χ3n) is 5.05. The third-order valence-corrected chi connectivity index (χ3v) is 7.05. The molecule has 0 saturated carbocycles. The first-order chi connectivity index (χ1) is 11.6. The lowest BCUT2D eigenvalue weighted by Gasteiger charge is -2.36. The summed E-state index contributed by atoms with van der Waals surface area (Å²) >= 11 is 0. The Morgan fingerprint density at radius 1 is 1.17 bits per heavy atom. The summed E-state index contributed by atoms with van der Waals surface area (Å²) in [7, 11) is -3.14. The highest BCUT2D eigenvalue weighted by atomic mass is 32.2. The third kappa shape index (κ3) is 2.61. The SMILES string of the molecule is O=C(c1cccc2[nH]ccc12)N1CCC[C@@H](N2CCCS2(=O)=O)C1. The van der Waals surface area contributed by atoms with Crippen LogP contribution in [0.5, 0.6) is 0 Å². The van der Waals surface area contributed by atoms with E-state index in [1.54, 1.807) is 4.31 Å². The molecule has 0 unspecified atom stereocenters. The van der Waals surface area contributed by atoms with E-state index in [0.29, 0.717) is 31.6 Å². The van der Waals surface area contributed by atoms with Crippen molar-refractivity contribution in [3.63, 3.8) is 0 Å². The van der Waals surface area contributed by atoms with E-state index in [2.05, 4.69) is 4.98 Å². The highest BCUT2D eigenvalue weighted by Gasteiger charge is 2.37. The molecular formula is C17H21N3O3S. The molecule has 0 aliphatic carbocycles. The molecule has 6 nitrogen and oxygen atoms in total. The minimum Gasteiger partial charge on any atom is -0.361 e. The minimum absolute atomic E-state index is 0.0125. The Balaban J connectivity index is 1.58. The molecule has 24 heavy (non-hydrogen) atoms. The van der Waals surface area contributed by atoms with E-state index in [1.807, 2.05) is 35.4 Å². The monoisotopic (exact) mass is 347 g/mol. The molecule has 7 heteroatoms. The number of fused-ring (bicyclic) bond motifs is 1. The van der Waals surface area contributed by atoms with Crippen molar-refractivity contribution in [2.24, 2.45) is 0 Å². The second kappa shape index (κ2) is 5.89. The summed E-state index contributed by atoms with van der Waals surface area (Å²) in [5.74, 6) is 0.224. The molecule has 0 bridgehead atoms. The van der Waals surface area contributed by atoms with Gasteiger partial charge in [0, 0.05) is 48.3 Å². The molecule has 2 aliphatic rings. The van der Waals surface area contributed by atoms with Crippen molar-refractivity contribution in [2.75, 3.05) is 25.4 Å². The van der Waals surface area contributed by atoms with Crippen LogP contribution in [0.25, 0.3) is 10.9 Å². The topological polar surface area (TPSA) is 73.5 Å². The number of nitrogens with zero attached hydrogens (tertiary/aromatic N) is 2. The van der Waals surface area contributed by atoms with Crippen LogP contribution in [0.1, 0.15) is 29.6 Å². The molecule has 2 fully saturated rings. The summed E-state index contributed by atoms with van der Waals surface area (Å²) in [4.78, 5) is 17.9. The maximum atomic E-state index is 13.0. The van der Waals surface area contributed by atoms with Gasteiger partial charge < -0.3 is 9.88 Å². The van der Waals surface area contributed by atoms with E-state index < -0.39 is 10.0 Å². The molecule has 4 rings (SSSR count). The van der Waals surface area contributed by atoms with E-state index >= 15 is 0 Å². The fourth-order valence-electron chi connectivity index (χ4n) is 3.89. The number of carbonyl (C=O) groups excluding carboxylic acids is 1. The van der Waals surface area contributed by atoms with Gasteiger partial charge >= 0.3 is 0 Å². The number of sulfonamides is 1. The lowest BCUT2D eigenvalue weighted by atomic mass is 10.0. The summed E-state index contributed by atoms with van der Waals surface area (Å²) < 4.78 is 25.9. The van der Waals surface area contributed by atoms with Gasteiger partial charge in [0.15, 0.2) is 0 Å². The normalized spacial score (nSPS) is 24.5. The molecular weight excluding hydrogens is 326 g/mol. The number of rotatable bonds is 2. The van der Waals surface area contributed by atoms with Gasteiger partial charge in [-0.3, -0.25) is 4.79 Å².